The first kappa shape index (κ1) is 17.7. The molecule has 1 aliphatic rings. The van der Waals surface area contributed by atoms with E-state index in [9.17, 15) is 24.9 Å². The molecule has 0 aliphatic carbocycles. The highest BCUT2D eigenvalue weighted by Gasteiger charge is 2.54. The van der Waals surface area contributed by atoms with Crippen molar-refractivity contribution in [3.8, 4) is 0 Å². The van der Waals surface area contributed by atoms with Crippen LogP contribution in [0.5, 0.6) is 0 Å². The first-order valence-corrected chi connectivity index (χ1v) is 7.07. The summed E-state index contributed by atoms with van der Waals surface area (Å²) in [5, 5.41) is 41.1. The van der Waals surface area contributed by atoms with E-state index in [4.69, 9.17) is 22.1 Å². The van der Waals surface area contributed by atoms with Crippen molar-refractivity contribution in [3.63, 3.8) is 0 Å². The smallest absolute Gasteiger partial charge is 0.317 e. The topological polar surface area (TPSA) is 157 Å². The van der Waals surface area contributed by atoms with Gasteiger partial charge in [0.25, 0.3) is 5.56 Å². The maximum absolute atomic E-state index is 11.2. The van der Waals surface area contributed by atoms with Crippen LogP contribution in [0, 0.1) is 4.77 Å². The average Bonchev–Trinajstić information content (AvgIpc) is 2.70. The lowest BCUT2D eigenvalue weighted by Gasteiger charge is -2.30. The molecule has 0 radical (unpaired) electrons. The van der Waals surface area contributed by atoms with Crippen molar-refractivity contribution >= 4 is 18.2 Å². The number of aromatic nitrogens is 2. The predicted octanol–water partition coefficient (Wildman–Crippen LogP) is -2.31. The fraction of sp³-hybridized carbons (Fsp3) is 0.583. The van der Waals surface area contributed by atoms with Crippen LogP contribution in [-0.4, -0.2) is 67.0 Å². The first-order valence-electron chi connectivity index (χ1n) is 6.66. The van der Waals surface area contributed by atoms with Gasteiger partial charge in [0.1, 0.15) is 24.5 Å². The van der Waals surface area contributed by atoms with Gasteiger partial charge in [0.2, 0.25) is 0 Å². The van der Waals surface area contributed by atoms with Crippen molar-refractivity contribution in [2.45, 2.75) is 37.2 Å². The van der Waals surface area contributed by atoms with Crippen molar-refractivity contribution in [3.05, 3.63) is 27.4 Å². The van der Waals surface area contributed by atoms with E-state index < -0.39 is 48.3 Å². The summed E-state index contributed by atoms with van der Waals surface area (Å²) in [6.07, 6.45) is -4.54. The number of hydrogen-bond acceptors (Lipinski definition) is 8. The third-order valence-corrected chi connectivity index (χ3v) is 3.96. The summed E-state index contributed by atoms with van der Waals surface area (Å²) >= 11 is 5.01. The lowest BCUT2D eigenvalue weighted by atomic mass is 10.0. The van der Waals surface area contributed by atoms with E-state index in [1.165, 1.54) is 17.7 Å². The lowest BCUT2D eigenvalue weighted by Crippen LogP contribution is -2.48. The van der Waals surface area contributed by atoms with Gasteiger partial charge in [-0.3, -0.25) is 24.5 Å². The fourth-order valence-electron chi connectivity index (χ4n) is 2.44. The highest BCUT2D eigenvalue weighted by atomic mass is 32.1. The minimum absolute atomic E-state index is 0.0418. The first-order chi connectivity index (χ1) is 10.7. The molecule has 0 bridgehead atoms. The number of carboxylic acid groups (broad SMARTS) is 1. The Hall–Kier alpha value is -1.63. The average molecular weight is 347 g/mol. The number of nitrogens with one attached hydrogen (secondary N) is 2. The van der Waals surface area contributed by atoms with Gasteiger partial charge < -0.3 is 25.2 Å². The molecule has 6 N–H and O–H groups in total. The van der Waals surface area contributed by atoms with Gasteiger partial charge in [-0.2, -0.15) is 0 Å². The molecule has 1 aromatic heterocycles. The van der Waals surface area contributed by atoms with Crippen LogP contribution in [0.4, 0.5) is 0 Å². The van der Waals surface area contributed by atoms with Gasteiger partial charge >= 0.3 is 5.97 Å². The summed E-state index contributed by atoms with van der Waals surface area (Å²) in [7, 11) is 0. The number of aliphatic hydroxyl groups excluding tert-OH is 3. The molecule has 128 valence electrons. The minimum Gasteiger partial charge on any atom is -0.480 e. The molecule has 0 amide bonds. The summed E-state index contributed by atoms with van der Waals surface area (Å²) in [6.45, 7) is 0.859. The molecule has 1 saturated heterocycles. The van der Waals surface area contributed by atoms with Crippen LogP contribution in [0.15, 0.2) is 17.1 Å². The van der Waals surface area contributed by atoms with Crippen LogP contribution in [0.3, 0.4) is 0 Å². The van der Waals surface area contributed by atoms with E-state index in [1.54, 1.807) is 0 Å². The molecule has 1 aliphatic heterocycles. The van der Waals surface area contributed by atoms with E-state index in [2.05, 4.69) is 10.3 Å². The van der Waals surface area contributed by atoms with E-state index in [0.717, 1.165) is 6.07 Å². The van der Waals surface area contributed by atoms with Crippen molar-refractivity contribution in [2.75, 3.05) is 6.54 Å². The molecule has 0 aromatic carbocycles. The van der Waals surface area contributed by atoms with Gasteiger partial charge in [-0.05, 0) is 19.1 Å². The molecule has 23 heavy (non-hydrogen) atoms. The van der Waals surface area contributed by atoms with Gasteiger partial charge in [0.05, 0.1) is 6.54 Å². The molecule has 2 heterocycles. The molecule has 1 aromatic rings. The summed E-state index contributed by atoms with van der Waals surface area (Å²) in [6, 6.07) is 1.16. The number of H-pyrrole nitrogens is 1. The number of aliphatic hydroxyl groups is 3. The van der Waals surface area contributed by atoms with Gasteiger partial charge in [-0.15, -0.1) is 0 Å². The Kier molecular flexibility index (Phi) is 4.98. The number of carboxylic acids is 1. The Balaban J connectivity index is 2.29. The number of aromatic amines is 1. The molecule has 1 fully saturated rings. The summed E-state index contributed by atoms with van der Waals surface area (Å²) in [5.74, 6) is -1.21. The Bertz CT molecular complexity index is 704. The van der Waals surface area contributed by atoms with Crippen LogP contribution in [0.25, 0.3) is 0 Å². The molecular formula is C12H17N3O7S. The maximum atomic E-state index is 11.2. The number of carbonyl (C=O) groups is 1. The van der Waals surface area contributed by atoms with Gasteiger partial charge in [-0.1, -0.05) is 0 Å². The zero-order valence-corrected chi connectivity index (χ0v) is 12.9. The SMILES string of the molecule is C[C@@]1(n2ccc(=O)[nH]c2=S)O[C@H](C(O)NCC(=O)O)[C@@H](O)[C@H]1O. The zero-order valence-electron chi connectivity index (χ0n) is 12.0. The largest absolute Gasteiger partial charge is 0.480 e. The lowest BCUT2D eigenvalue weighted by molar-refractivity contribution is -0.156. The molecule has 0 spiro atoms. The van der Waals surface area contributed by atoms with E-state index >= 15 is 0 Å². The van der Waals surface area contributed by atoms with Crippen molar-refractivity contribution in [1.29, 1.82) is 0 Å². The summed E-state index contributed by atoms with van der Waals surface area (Å²) in [4.78, 5) is 24.1. The second kappa shape index (κ2) is 6.47. The van der Waals surface area contributed by atoms with E-state index in [0.29, 0.717) is 0 Å². The standard InChI is InChI=1S/C12H17N3O7S/c1-12(15-3-2-5(16)14-11(15)23)9(20)7(19)8(22-12)10(21)13-4-6(17)18/h2-3,7-10,13,19-21H,4H2,1H3,(H,17,18)(H,14,16,23)/t7-,8+,9-,10?,12-/m1/s1. The van der Waals surface area contributed by atoms with Crippen molar-refractivity contribution in [1.82, 2.24) is 14.9 Å². The molecule has 5 atom stereocenters. The van der Waals surface area contributed by atoms with Crippen molar-refractivity contribution in [2.24, 2.45) is 0 Å². The monoisotopic (exact) mass is 347 g/mol. The molecule has 2 rings (SSSR count). The number of ether oxygens (including phenoxy) is 1. The normalized spacial score (nSPS) is 31.9. The second-order valence-corrected chi connectivity index (χ2v) is 5.66. The van der Waals surface area contributed by atoms with E-state index in [-0.39, 0.29) is 4.77 Å². The third-order valence-electron chi connectivity index (χ3n) is 3.66. The molecule has 1 unspecified atom stereocenters. The number of nitrogens with zero attached hydrogens (tertiary/aromatic N) is 1. The number of hydrogen-bond donors (Lipinski definition) is 6. The van der Waals surface area contributed by atoms with Crippen LogP contribution in [0.1, 0.15) is 6.92 Å². The van der Waals surface area contributed by atoms with Gasteiger partial charge in [0, 0.05) is 12.3 Å². The van der Waals surface area contributed by atoms with Crippen LogP contribution >= 0.6 is 12.2 Å². The van der Waals surface area contributed by atoms with Gasteiger partial charge in [-0.25, -0.2) is 0 Å². The Morgan fingerprint density at radius 3 is 2.83 bits per heavy atom. The van der Waals surface area contributed by atoms with Crippen LogP contribution in [-0.2, 0) is 15.3 Å². The summed E-state index contributed by atoms with van der Waals surface area (Å²) < 4.78 is 6.74. The van der Waals surface area contributed by atoms with Gasteiger partial charge in [0.15, 0.2) is 10.5 Å². The predicted molar refractivity (Wildman–Crippen MR) is 78.1 cm³/mol. The fourth-order valence-corrected chi connectivity index (χ4v) is 2.78. The minimum atomic E-state index is -1.56. The molecule has 0 saturated carbocycles. The quantitative estimate of drug-likeness (QED) is 0.254. The molecule has 10 nitrogen and oxygen atoms in total. The highest BCUT2D eigenvalue weighted by Crippen LogP contribution is 2.36. The second-order valence-electron chi connectivity index (χ2n) is 5.27. The Morgan fingerprint density at radius 2 is 2.26 bits per heavy atom. The van der Waals surface area contributed by atoms with Crippen molar-refractivity contribution < 1.29 is 30.0 Å². The number of rotatable bonds is 5. The summed E-state index contributed by atoms with van der Waals surface area (Å²) in [5.41, 5.74) is -2.00. The third kappa shape index (κ3) is 3.34. The molecule has 11 heteroatoms. The number of aliphatic carboxylic acids is 1. The van der Waals surface area contributed by atoms with Crippen LogP contribution < -0.4 is 10.9 Å². The molecular weight excluding hydrogens is 330 g/mol. The Morgan fingerprint density at radius 1 is 1.61 bits per heavy atom. The zero-order chi connectivity index (χ0) is 17.4. The maximum Gasteiger partial charge on any atom is 0.317 e. The Labute approximate surface area is 135 Å². The highest BCUT2D eigenvalue weighted by molar-refractivity contribution is 7.71. The van der Waals surface area contributed by atoms with Crippen LogP contribution in [0.2, 0.25) is 0 Å². The van der Waals surface area contributed by atoms with E-state index in [1.807, 2.05) is 0 Å².